The van der Waals surface area contributed by atoms with E-state index in [0.717, 1.165) is 0 Å². The number of rotatable bonds is 2. The first-order chi connectivity index (χ1) is 10.4. The summed E-state index contributed by atoms with van der Waals surface area (Å²) in [6.45, 7) is 5.18. The molecule has 0 aliphatic carbocycles. The molecule has 2 aliphatic heterocycles. The van der Waals surface area contributed by atoms with Crippen molar-refractivity contribution in [3.05, 3.63) is 35.9 Å². The van der Waals surface area contributed by atoms with E-state index in [9.17, 15) is 0 Å². The van der Waals surface area contributed by atoms with Crippen molar-refractivity contribution in [3.63, 3.8) is 0 Å². The Balaban J connectivity index is 1.79. The molecule has 2 aliphatic rings. The molecule has 2 heterocycles. The summed E-state index contributed by atoms with van der Waals surface area (Å²) in [6, 6.07) is 11.2. The van der Waals surface area contributed by atoms with Crippen molar-refractivity contribution in [2.45, 2.75) is 64.1 Å². The van der Waals surface area contributed by atoms with Gasteiger partial charge in [-0.25, -0.2) is 0 Å². The topological polar surface area (TPSA) is 12.0 Å². The van der Waals surface area contributed by atoms with Gasteiger partial charge in [-0.2, -0.15) is 0 Å². The molecule has 1 N–H and O–H groups in total. The van der Waals surface area contributed by atoms with Gasteiger partial charge in [-0.15, -0.1) is 0 Å². The smallest absolute Gasteiger partial charge is 0.143 e. The summed E-state index contributed by atoms with van der Waals surface area (Å²) < 4.78 is 1.30. The number of hydrogen-bond acceptors (Lipinski definition) is 1. The molecule has 1 aromatic rings. The predicted octanol–water partition coefficient (Wildman–Crippen LogP) is 4.07. The monoisotopic (exact) mass is 287 g/mol. The Bertz CT molecular complexity index is 417. The Morgan fingerprint density at radius 1 is 0.857 bits per heavy atom. The van der Waals surface area contributed by atoms with Crippen LogP contribution < -0.4 is 5.32 Å². The van der Waals surface area contributed by atoms with E-state index in [4.69, 9.17) is 0 Å². The van der Waals surface area contributed by atoms with Crippen molar-refractivity contribution in [1.82, 2.24) is 5.32 Å². The van der Waals surface area contributed by atoms with Gasteiger partial charge >= 0.3 is 0 Å². The molecular formula is C19H31N2+. The van der Waals surface area contributed by atoms with Crippen LogP contribution in [0.15, 0.2) is 30.3 Å². The van der Waals surface area contributed by atoms with E-state index in [1.807, 2.05) is 0 Å². The Morgan fingerprint density at radius 3 is 2.43 bits per heavy atom. The molecule has 116 valence electrons. The first-order valence-electron chi connectivity index (χ1n) is 9.02. The van der Waals surface area contributed by atoms with Gasteiger partial charge in [0.15, 0.2) is 0 Å². The molecule has 2 fully saturated rings. The lowest BCUT2D eigenvalue weighted by atomic mass is 9.99. The molecule has 0 aromatic heterocycles. The first kappa shape index (κ1) is 15.1. The predicted molar refractivity (Wildman–Crippen MR) is 88.9 cm³/mol. The van der Waals surface area contributed by atoms with Gasteiger partial charge in [0, 0.05) is 24.9 Å². The van der Waals surface area contributed by atoms with Gasteiger partial charge in [-0.05, 0) is 19.3 Å². The van der Waals surface area contributed by atoms with Gasteiger partial charge in [0.25, 0.3) is 0 Å². The van der Waals surface area contributed by atoms with Crippen LogP contribution >= 0.6 is 0 Å². The van der Waals surface area contributed by atoms with Crippen molar-refractivity contribution in [1.29, 1.82) is 0 Å². The molecule has 3 rings (SSSR count). The molecule has 2 atom stereocenters. The normalized spacial score (nSPS) is 31.3. The molecule has 0 bridgehead atoms. The van der Waals surface area contributed by atoms with Crippen LogP contribution in [0, 0.1) is 0 Å². The molecule has 2 nitrogen and oxygen atoms in total. The summed E-state index contributed by atoms with van der Waals surface area (Å²) in [7, 11) is 0. The quantitative estimate of drug-likeness (QED) is 0.809. The zero-order valence-electron chi connectivity index (χ0n) is 13.4. The Kier molecular flexibility index (Phi) is 5.32. The van der Waals surface area contributed by atoms with Crippen molar-refractivity contribution in [2.24, 2.45) is 0 Å². The van der Waals surface area contributed by atoms with E-state index in [-0.39, 0.29) is 0 Å². The highest BCUT2D eigenvalue weighted by atomic mass is 15.5. The van der Waals surface area contributed by atoms with E-state index >= 15 is 0 Å². The molecule has 0 spiro atoms. The van der Waals surface area contributed by atoms with Crippen LogP contribution in [0.4, 0.5) is 0 Å². The van der Waals surface area contributed by atoms with Gasteiger partial charge in [0.2, 0.25) is 0 Å². The number of benzene rings is 1. The minimum absolute atomic E-state index is 0.692. The van der Waals surface area contributed by atoms with Crippen LogP contribution in [0.25, 0.3) is 0 Å². The van der Waals surface area contributed by atoms with Gasteiger partial charge in [0.05, 0.1) is 13.1 Å². The lowest BCUT2D eigenvalue weighted by molar-refractivity contribution is -0.971. The Hall–Kier alpha value is -0.860. The molecule has 2 saturated heterocycles. The fraction of sp³-hybridized carbons (Fsp3) is 0.684. The van der Waals surface area contributed by atoms with E-state index in [2.05, 4.69) is 35.6 Å². The summed E-state index contributed by atoms with van der Waals surface area (Å²) >= 11 is 0. The molecule has 0 amide bonds. The maximum atomic E-state index is 3.87. The summed E-state index contributed by atoms with van der Waals surface area (Å²) in [5.41, 5.74) is 1.52. The maximum Gasteiger partial charge on any atom is 0.143 e. The van der Waals surface area contributed by atoms with E-state index in [0.29, 0.717) is 6.17 Å². The van der Waals surface area contributed by atoms with Crippen molar-refractivity contribution in [2.75, 3.05) is 19.6 Å². The number of nitrogens with zero attached hydrogens (tertiary/aromatic N) is 1. The third-order valence-corrected chi connectivity index (χ3v) is 5.49. The van der Waals surface area contributed by atoms with Gasteiger partial charge < -0.3 is 4.48 Å². The second-order valence-corrected chi connectivity index (χ2v) is 7.04. The Morgan fingerprint density at radius 2 is 1.57 bits per heavy atom. The molecule has 0 radical (unpaired) electrons. The lowest BCUT2D eigenvalue weighted by Crippen LogP contribution is -2.64. The average Bonchev–Trinajstić information content (AvgIpc) is 2.53. The highest BCUT2D eigenvalue weighted by Crippen LogP contribution is 2.28. The highest BCUT2D eigenvalue weighted by molar-refractivity contribution is 5.13. The summed E-state index contributed by atoms with van der Waals surface area (Å²) in [4.78, 5) is 0. The van der Waals surface area contributed by atoms with Crippen LogP contribution in [-0.2, 0) is 6.54 Å². The van der Waals surface area contributed by atoms with Crippen LogP contribution in [0.3, 0.4) is 0 Å². The van der Waals surface area contributed by atoms with Crippen LogP contribution in [0.5, 0.6) is 0 Å². The van der Waals surface area contributed by atoms with Crippen LogP contribution in [0.1, 0.15) is 56.9 Å². The highest BCUT2D eigenvalue weighted by Gasteiger charge is 2.38. The molecule has 2 heteroatoms. The van der Waals surface area contributed by atoms with Gasteiger partial charge in [-0.1, -0.05) is 49.6 Å². The fourth-order valence-corrected chi connectivity index (χ4v) is 4.34. The molecule has 1 aromatic carbocycles. The van der Waals surface area contributed by atoms with E-state index in [1.54, 1.807) is 0 Å². The third-order valence-electron chi connectivity index (χ3n) is 5.49. The van der Waals surface area contributed by atoms with Gasteiger partial charge in [-0.3, -0.25) is 5.32 Å². The second-order valence-electron chi connectivity index (χ2n) is 7.04. The van der Waals surface area contributed by atoms with Gasteiger partial charge in [0.1, 0.15) is 12.7 Å². The molecule has 2 unspecified atom stereocenters. The summed E-state index contributed by atoms with van der Waals surface area (Å²) in [5.74, 6) is 0. The fourth-order valence-electron chi connectivity index (χ4n) is 4.34. The summed E-state index contributed by atoms with van der Waals surface area (Å²) in [6.07, 6.45) is 12.0. The van der Waals surface area contributed by atoms with E-state index in [1.165, 1.54) is 87.6 Å². The van der Waals surface area contributed by atoms with Crippen molar-refractivity contribution < 1.29 is 4.48 Å². The second kappa shape index (κ2) is 7.42. The number of fused-ring (bicyclic) bond motifs is 1. The minimum Gasteiger partial charge on any atom is -0.305 e. The first-order valence-corrected chi connectivity index (χ1v) is 9.02. The zero-order chi connectivity index (χ0) is 14.4. The maximum absolute atomic E-state index is 3.87. The Labute approximate surface area is 130 Å². The minimum atomic E-state index is 0.692. The largest absolute Gasteiger partial charge is 0.305 e. The number of hydrogen-bond donors (Lipinski definition) is 1. The molecular weight excluding hydrogens is 256 g/mol. The van der Waals surface area contributed by atoms with Crippen LogP contribution in [0.2, 0.25) is 0 Å². The SMILES string of the molecule is c1ccc(C[N+]23CCCCCCCCC2NCCC3)cc1. The van der Waals surface area contributed by atoms with E-state index < -0.39 is 0 Å². The summed E-state index contributed by atoms with van der Waals surface area (Å²) in [5, 5.41) is 3.87. The van der Waals surface area contributed by atoms with Crippen LogP contribution in [-0.4, -0.2) is 30.3 Å². The lowest BCUT2D eigenvalue weighted by Gasteiger charge is -2.48. The molecule has 0 saturated carbocycles. The molecule has 21 heavy (non-hydrogen) atoms. The standard InChI is InChI=1S/C19H31N2/c1-2-4-9-15-21(17-18-11-6-5-7-12-18)16-10-14-20-19(21)13-8-3-1/h5-7,11-12,19-20H,1-4,8-10,13-17H2/q+1. The zero-order valence-corrected chi connectivity index (χ0v) is 13.4. The third kappa shape index (κ3) is 3.87. The average molecular weight is 287 g/mol. The van der Waals surface area contributed by atoms with Crippen molar-refractivity contribution >= 4 is 0 Å². The number of nitrogens with one attached hydrogen (secondary N) is 1. The number of quaternary nitrogens is 1. The van der Waals surface area contributed by atoms with Crippen molar-refractivity contribution in [3.8, 4) is 0 Å².